The molecule has 0 amide bonds. The van der Waals surface area contributed by atoms with Gasteiger partial charge in [-0.05, 0) is 71.2 Å². The van der Waals surface area contributed by atoms with Crippen molar-refractivity contribution in [1.82, 2.24) is 0 Å². The van der Waals surface area contributed by atoms with Gasteiger partial charge in [0, 0.05) is 8.04 Å². The van der Waals surface area contributed by atoms with Gasteiger partial charge in [0.15, 0.2) is 0 Å². The van der Waals surface area contributed by atoms with E-state index < -0.39 is 0 Å². The number of allylic oxidation sites excluding steroid dienone is 4. The fourth-order valence-electron chi connectivity index (χ4n) is 1.70. The van der Waals surface area contributed by atoms with E-state index in [-0.39, 0.29) is 0 Å². The molecular weight excluding hydrogens is 363 g/mol. The summed E-state index contributed by atoms with van der Waals surface area (Å²) in [7, 11) is 0. The van der Waals surface area contributed by atoms with Crippen molar-refractivity contribution in [2.75, 3.05) is 0 Å². The van der Waals surface area contributed by atoms with E-state index >= 15 is 0 Å². The quantitative estimate of drug-likeness (QED) is 0.647. The zero-order valence-corrected chi connectivity index (χ0v) is 12.1. The van der Waals surface area contributed by atoms with E-state index in [2.05, 4.69) is 74.9 Å². The number of benzene rings is 1. The average molecular weight is 375 g/mol. The molecule has 15 heavy (non-hydrogen) atoms. The van der Waals surface area contributed by atoms with Crippen LogP contribution in [0.3, 0.4) is 0 Å². The molecule has 78 valence electrons. The van der Waals surface area contributed by atoms with Gasteiger partial charge in [-0.25, -0.2) is 0 Å². The van der Waals surface area contributed by atoms with Gasteiger partial charge in [0.05, 0.1) is 0 Å². The summed E-state index contributed by atoms with van der Waals surface area (Å²) in [6.45, 7) is 0. The summed E-state index contributed by atoms with van der Waals surface area (Å²) in [4.78, 5) is 0. The van der Waals surface area contributed by atoms with E-state index in [0.29, 0.717) is 0 Å². The van der Waals surface area contributed by atoms with Gasteiger partial charge in [0.1, 0.15) is 0 Å². The van der Waals surface area contributed by atoms with E-state index in [4.69, 9.17) is 0 Å². The molecule has 0 spiro atoms. The van der Waals surface area contributed by atoms with Crippen LogP contribution in [0.2, 0.25) is 0 Å². The first kappa shape index (κ1) is 11.4. The van der Waals surface area contributed by atoms with Crippen molar-refractivity contribution in [3.05, 3.63) is 55.6 Å². The van der Waals surface area contributed by atoms with Crippen LogP contribution in [0.5, 0.6) is 0 Å². The van der Waals surface area contributed by atoms with Crippen molar-refractivity contribution in [3.63, 3.8) is 0 Å². The number of hydrogen-bond acceptors (Lipinski definition) is 0. The van der Waals surface area contributed by atoms with Crippen LogP contribution in [0.1, 0.15) is 18.4 Å². The monoisotopic (exact) mass is 374 g/mol. The number of rotatable bonds is 2. The molecule has 0 aliphatic heterocycles. The second kappa shape index (κ2) is 5.30. The SMILES string of the molecule is Brc1ccc(I)cc1CC1=CCCC=C1. The molecule has 0 nitrogen and oxygen atoms in total. The standard InChI is InChI=1S/C13H12BrI/c14-13-7-6-12(15)9-11(13)8-10-4-2-1-3-5-10/h2,4-7,9H,1,3,8H2. The highest BCUT2D eigenvalue weighted by atomic mass is 127. The van der Waals surface area contributed by atoms with Gasteiger partial charge in [-0.2, -0.15) is 0 Å². The highest BCUT2D eigenvalue weighted by Gasteiger charge is 2.04. The molecule has 0 unspecified atom stereocenters. The van der Waals surface area contributed by atoms with Crippen LogP contribution in [0.4, 0.5) is 0 Å². The molecule has 2 heteroatoms. The van der Waals surface area contributed by atoms with Gasteiger partial charge in [-0.3, -0.25) is 0 Å². The van der Waals surface area contributed by atoms with Crippen LogP contribution in [0, 0.1) is 3.57 Å². The summed E-state index contributed by atoms with van der Waals surface area (Å²) in [6.07, 6.45) is 10.3. The first-order valence-electron chi connectivity index (χ1n) is 5.05. The summed E-state index contributed by atoms with van der Waals surface area (Å²) in [5.41, 5.74) is 2.81. The number of hydrogen-bond donors (Lipinski definition) is 0. The van der Waals surface area contributed by atoms with Crippen LogP contribution in [0.25, 0.3) is 0 Å². The first-order chi connectivity index (χ1) is 7.25. The minimum Gasteiger partial charge on any atom is -0.0840 e. The fraction of sp³-hybridized carbons (Fsp3) is 0.231. The Labute approximate surface area is 113 Å². The van der Waals surface area contributed by atoms with Crippen LogP contribution < -0.4 is 0 Å². The Balaban J connectivity index is 2.20. The van der Waals surface area contributed by atoms with Crippen LogP contribution in [-0.2, 0) is 6.42 Å². The Morgan fingerprint density at radius 1 is 1.27 bits per heavy atom. The van der Waals surface area contributed by atoms with Gasteiger partial charge in [0.25, 0.3) is 0 Å². The Morgan fingerprint density at radius 2 is 2.13 bits per heavy atom. The predicted octanol–water partition coefficient (Wildman–Crippen LogP) is 4.87. The van der Waals surface area contributed by atoms with Gasteiger partial charge >= 0.3 is 0 Å². The molecule has 1 aromatic rings. The van der Waals surface area contributed by atoms with Gasteiger partial charge < -0.3 is 0 Å². The maximum absolute atomic E-state index is 3.60. The van der Waals surface area contributed by atoms with E-state index in [1.54, 1.807) is 0 Å². The lowest BCUT2D eigenvalue weighted by atomic mass is 10.00. The zero-order valence-electron chi connectivity index (χ0n) is 8.34. The fourth-order valence-corrected chi connectivity index (χ4v) is 2.64. The topological polar surface area (TPSA) is 0 Å². The Morgan fingerprint density at radius 3 is 2.87 bits per heavy atom. The van der Waals surface area contributed by atoms with E-state index in [1.165, 1.54) is 32.0 Å². The second-order valence-corrected chi connectivity index (χ2v) is 5.77. The van der Waals surface area contributed by atoms with E-state index in [9.17, 15) is 0 Å². The minimum atomic E-state index is 1.04. The van der Waals surface area contributed by atoms with Crippen molar-refractivity contribution >= 4 is 38.5 Å². The molecule has 0 heterocycles. The third kappa shape index (κ3) is 3.18. The maximum Gasteiger partial charge on any atom is 0.0211 e. The lowest BCUT2D eigenvalue weighted by molar-refractivity contribution is 0.992. The lowest BCUT2D eigenvalue weighted by Crippen LogP contribution is -1.93. The third-order valence-electron chi connectivity index (χ3n) is 2.47. The summed E-state index contributed by atoms with van der Waals surface area (Å²) in [5.74, 6) is 0. The van der Waals surface area contributed by atoms with Gasteiger partial charge in [-0.1, -0.05) is 34.2 Å². The zero-order chi connectivity index (χ0) is 10.7. The summed E-state index contributed by atoms with van der Waals surface area (Å²) < 4.78 is 2.51. The molecule has 1 aromatic carbocycles. The van der Waals surface area contributed by atoms with Crippen LogP contribution in [0.15, 0.2) is 46.5 Å². The molecule has 0 N–H and O–H groups in total. The van der Waals surface area contributed by atoms with Crippen LogP contribution >= 0.6 is 38.5 Å². The molecule has 0 atom stereocenters. The summed E-state index contributed by atoms with van der Waals surface area (Å²) >= 11 is 5.96. The Kier molecular flexibility index (Phi) is 4.03. The normalized spacial score (nSPS) is 15.2. The van der Waals surface area contributed by atoms with Crippen LogP contribution in [-0.4, -0.2) is 0 Å². The highest BCUT2D eigenvalue weighted by Crippen LogP contribution is 2.24. The molecule has 0 radical (unpaired) electrons. The lowest BCUT2D eigenvalue weighted by Gasteiger charge is -2.09. The summed E-state index contributed by atoms with van der Waals surface area (Å²) in [5, 5.41) is 0. The van der Waals surface area contributed by atoms with Gasteiger partial charge in [0.2, 0.25) is 0 Å². The van der Waals surface area contributed by atoms with Crippen molar-refractivity contribution in [2.24, 2.45) is 0 Å². The average Bonchev–Trinajstić information content (AvgIpc) is 2.25. The minimum absolute atomic E-state index is 1.04. The van der Waals surface area contributed by atoms with E-state index in [0.717, 1.165) is 6.42 Å². The Bertz CT molecular complexity index is 419. The number of halogens is 2. The van der Waals surface area contributed by atoms with Crippen molar-refractivity contribution in [2.45, 2.75) is 19.3 Å². The smallest absolute Gasteiger partial charge is 0.0211 e. The molecule has 0 saturated heterocycles. The van der Waals surface area contributed by atoms with Crippen molar-refractivity contribution in [3.8, 4) is 0 Å². The molecule has 0 saturated carbocycles. The maximum atomic E-state index is 3.60. The molecule has 1 aliphatic carbocycles. The molecule has 0 fully saturated rings. The predicted molar refractivity (Wildman–Crippen MR) is 77.0 cm³/mol. The molecular formula is C13H12BrI. The van der Waals surface area contributed by atoms with Gasteiger partial charge in [-0.15, -0.1) is 0 Å². The third-order valence-corrected chi connectivity index (χ3v) is 3.92. The first-order valence-corrected chi connectivity index (χ1v) is 6.92. The van der Waals surface area contributed by atoms with E-state index in [1.807, 2.05) is 0 Å². The molecule has 0 aromatic heterocycles. The summed E-state index contributed by atoms with van der Waals surface area (Å²) in [6, 6.07) is 6.50. The van der Waals surface area contributed by atoms with Crippen molar-refractivity contribution < 1.29 is 0 Å². The highest BCUT2D eigenvalue weighted by molar-refractivity contribution is 14.1. The molecule has 0 bridgehead atoms. The second-order valence-electron chi connectivity index (χ2n) is 3.67. The molecule has 2 rings (SSSR count). The largest absolute Gasteiger partial charge is 0.0840 e. The Hall–Kier alpha value is -0.0900. The van der Waals surface area contributed by atoms with Crippen molar-refractivity contribution in [1.29, 1.82) is 0 Å². The molecule has 1 aliphatic rings.